The highest BCUT2D eigenvalue weighted by Gasteiger charge is 2.08. The number of hydrogen-bond donors (Lipinski definition) is 1. The number of benzene rings is 1. The lowest BCUT2D eigenvalue weighted by Gasteiger charge is -2.06. The Balaban J connectivity index is 2.09. The lowest BCUT2D eigenvalue weighted by atomic mass is 10.2. The van der Waals surface area contributed by atoms with E-state index in [1.54, 1.807) is 6.20 Å². The minimum Gasteiger partial charge on any atom is -0.335 e. The predicted molar refractivity (Wildman–Crippen MR) is 77.6 cm³/mol. The first-order valence-corrected chi connectivity index (χ1v) is 6.93. The van der Waals surface area contributed by atoms with E-state index in [0.29, 0.717) is 11.0 Å². The number of halogens is 2. The van der Waals surface area contributed by atoms with Crippen LogP contribution in [-0.2, 0) is 0 Å². The van der Waals surface area contributed by atoms with Crippen LogP contribution in [0.4, 0.5) is 11.5 Å². The second kappa shape index (κ2) is 4.79. The van der Waals surface area contributed by atoms with Crippen LogP contribution >= 0.6 is 39.3 Å². The fraction of sp³-hybridized carbons (Fsp3) is 0. The quantitative estimate of drug-likeness (QED) is 0.757. The first-order chi connectivity index (χ1) is 8.74. The van der Waals surface area contributed by atoms with Crippen molar-refractivity contribution in [3.05, 3.63) is 40.1 Å². The Kier molecular flexibility index (Phi) is 3.15. The van der Waals surface area contributed by atoms with Crippen molar-refractivity contribution >= 4 is 61.7 Å². The second-order valence-corrected chi connectivity index (χ2v) is 5.36. The number of pyridine rings is 1. The number of hydrogen-bond acceptors (Lipinski definition) is 5. The number of para-hydroxylation sites is 1. The maximum absolute atomic E-state index is 5.91. The van der Waals surface area contributed by atoms with Crippen LogP contribution in [0.1, 0.15) is 0 Å². The largest absolute Gasteiger partial charge is 0.335 e. The molecule has 1 N–H and O–H groups in total. The maximum atomic E-state index is 5.91. The third-order valence-electron chi connectivity index (χ3n) is 2.38. The Morgan fingerprint density at radius 2 is 2.17 bits per heavy atom. The van der Waals surface area contributed by atoms with E-state index in [2.05, 4.69) is 35.0 Å². The molecule has 0 unspecified atom stereocenters. The molecule has 0 amide bonds. The molecule has 1 aromatic carbocycles. The van der Waals surface area contributed by atoms with E-state index in [-0.39, 0.29) is 0 Å². The zero-order chi connectivity index (χ0) is 12.5. The SMILES string of the molecule is Clc1nsnc1Nc1cccc2cc(Br)cnc12. The molecule has 2 heterocycles. The molecule has 3 rings (SSSR count). The molecule has 7 heteroatoms. The van der Waals surface area contributed by atoms with Crippen molar-refractivity contribution in [3.63, 3.8) is 0 Å². The first kappa shape index (κ1) is 11.8. The van der Waals surface area contributed by atoms with Gasteiger partial charge in [0.15, 0.2) is 11.0 Å². The number of rotatable bonds is 2. The van der Waals surface area contributed by atoms with Crippen molar-refractivity contribution < 1.29 is 0 Å². The third-order valence-corrected chi connectivity index (χ3v) is 3.71. The minimum absolute atomic E-state index is 0.370. The fourth-order valence-electron chi connectivity index (χ4n) is 1.61. The molecule has 0 radical (unpaired) electrons. The van der Waals surface area contributed by atoms with Crippen LogP contribution in [0.25, 0.3) is 10.9 Å². The summed E-state index contributed by atoms with van der Waals surface area (Å²) in [5.74, 6) is 0.555. The van der Waals surface area contributed by atoms with Crippen molar-refractivity contribution in [3.8, 4) is 0 Å². The van der Waals surface area contributed by atoms with Gasteiger partial charge in [0, 0.05) is 16.1 Å². The molecule has 0 aliphatic rings. The fourth-order valence-corrected chi connectivity index (χ4v) is 2.61. The number of fused-ring (bicyclic) bond motifs is 1. The maximum Gasteiger partial charge on any atom is 0.187 e. The average Bonchev–Trinajstić information content (AvgIpc) is 2.75. The molecule has 0 fully saturated rings. The van der Waals surface area contributed by atoms with E-state index in [9.17, 15) is 0 Å². The van der Waals surface area contributed by atoms with Crippen LogP contribution < -0.4 is 5.32 Å². The topological polar surface area (TPSA) is 50.7 Å². The molecule has 0 aliphatic carbocycles. The van der Waals surface area contributed by atoms with Gasteiger partial charge in [0.05, 0.1) is 22.9 Å². The summed E-state index contributed by atoms with van der Waals surface area (Å²) in [4.78, 5) is 4.39. The van der Waals surface area contributed by atoms with E-state index < -0.39 is 0 Å². The van der Waals surface area contributed by atoms with Gasteiger partial charge in [-0.2, -0.15) is 8.75 Å². The van der Waals surface area contributed by atoms with Gasteiger partial charge in [0.2, 0.25) is 0 Å². The molecule has 0 saturated heterocycles. The average molecular weight is 342 g/mol. The highest BCUT2D eigenvalue weighted by molar-refractivity contribution is 9.10. The summed E-state index contributed by atoms with van der Waals surface area (Å²) in [6.07, 6.45) is 1.76. The van der Waals surface area contributed by atoms with E-state index in [1.807, 2.05) is 24.3 Å². The van der Waals surface area contributed by atoms with Gasteiger partial charge in [-0.15, -0.1) is 0 Å². The van der Waals surface area contributed by atoms with Crippen LogP contribution in [0.3, 0.4) is 0 Å². The third kappa shape index (κ3) is 2.19. The Morgan fingerprint density at radius 1 is 1.28 bits per heavy atom. The number of nitrogens with zero attached hydrogens (tertiary/aromatic N) is 3. The molecule has 0 bridgehead atoms. The molecular weight excluding hydrogens is 336 g/mol. The predicted octanol–water partition coefficient (Wildman–Crippen LogP) is 4.25. The molecule has 2 aromatic heterocycles. The summed E-state index contributed by atoms with van der Waals surface area (Å²) in [6.45, 7) is 0. The molecule has 4 nitrogen and oxygen atoms in total. The van der Waals surface area contributed by atoms with Gasteiger partial charge in [-0.1, -0.05) is 23.7 Å². The van der Waals surface area contributed by atoms with Gasteiger partial charge in [0.25, 0.3) is 0 Å². The summed E-state index contributed by atoms with van der Waals surface area (Å²) in [5.41, 5.74) is 1.72. The van der Waals surface area contributed by atoms with Crippen molar-refractivity contribution in [2.75, 3.05) is 5.32 Å². The van der Waals surface area contributed by atoms with Crippen molar-refractivity contribution in [2.45, 2.75) is 0 Å². The highest BCUT2D eigenvalue weighted by atomic mass is 79.9. The number of aromatic nitrogens is 3. The van der Waals surface area contributed by atoms with Gasteiger partial charge in [-0.25, -0.2) is 0 Å². The minimum atomic E-state index is 0.370. The Morgan fingerprint density at radius 3 is 2.94 bits per heavy atom. The zero-order valence-corrected chi connectivity index (χ0v) is 12.1. The van der Waals surface area contributed by atoms with E-state index >= 15 is 0 Å². The highest BCUT2D eigenvalue weighted by Crippen LogP contribution is 2.28. The summed E-state index contributed by atoms with van der Waals surface area (Å²) in [6, 6.07) is 7.89. The molecule has 0 spiro atoms. The number of anilines is 2. The standard InChI is InChI=1S/C11H6BrClN4S/c12-7-4-6-2-1-3-8(9(6)14-5-7)15-11-10(13)16-18-17-11/h1-5H,(H,15,17). The Bertz CT molecular complexity index is 715. The molecule has 18 heavy (non-hydrogen) atoms. The second-order valence-electron chi connectivity index (χ2n) is 3.56. The van der Waals surface area contributed by atoms with Crippen molar-refractivity contribution in [1.29, 1.82) is 0 Å². The van der Waals surface area contributed by atoms with Crippen molar-refractivity contribution in [1.82, 2.24) is 13.7 Å². The number of nitrogens with one attached hydrogen (secondary N) is 1. The van der Waals surface area contributed by atoms with Crippen LogP contribution in [0.15, 0.2) is 34.9 Å². The van der Waals surface area contributed by atoms with Gasteiger partial charge in [-0.05, 0) is 28.1 Å². The van der Waals surface area contributed by atoms with Gasteiger partial charge in [0.1, 0.15) is 0 Å². The summed E-state index contributed by atoms with van der Waals surface area (Å²) in [5, 5.41) is 4.55. The zero-order valence-electron chi connectivity index (χ0n) is 8.89. The van der Waals surface area contributed by atoms with Crippen LogP contribution in [0.2, 0.25) is 5.15 Å². The van der Waals surface area contributed by atoms with Crippen LogP contribution in [0.5, 0.6) is 0 Å². The molecule has 0 atom stereocenters. The monoisotopic (exact) mass is 340 g/mol. The first-order valence-electron chi connectivity index (χ1n) is 5.03. The lowest BCUT2D eigenvalue weighted by Crippen LogP contribution is -1.93. The van der Waals surface area contributed by atoms with Crippen LogP contribution in [0, 0.1) is 0 Å². The molecule has 90 valence electrons. The normalized spacial score (nSPS) is 10.8. The van der Waals surface area contributed by atoms with Crippen LogP contribution in [-0.4, -0.2) is 13.7 Å². The smallest absolute Gasteiger partial charge is 0.187 e. The van der Waals surface area contributed by atoms with Gasteiger partial charge < -0.3 is 5.32 Å². The molecular formula is C11H6BrClN4S. The van der Waals surface area contributed by atoms with Gasteiger partial charge >= 0.3 is 0 Å². The summed E-state index contributed by atoms with van der Waals surface area (Å²) < 4.78 is 8.94. The molecule has 3 aromatic rings. The molecule has 0 aliphatic heterocycles. The summed E-state index contributed by atoms with van der Waals surface area (Å²) in [7, 11) is 0. The van der Waals surface area contributed by atoms with Gasteiger partial charge in [-0.3, -0.25) is 4.98 Å². The van der Waals surface area contributed by atoms with Crippen molar-refractivity contribution in [2.24, 2.45) is 0 Å². The Labute approximate surface area is 120 Å². The van der Waals surface area contributed by atoms with E-state index in [4.69, 9.17) is 11.6 Å². The molecule has 0 saturated carbocycles. The lowest BCUT2D eigenvalue weighted by molar-refractivity contribution is 1.37. The van der Waals surface area contributed by atoms with E-state index in [1.165, 1.54) is 0 Å². The van der Waals surface area contributed by atoms with E-state index in [0.717, 1.165) is 32.8 Å². The Hall–Kier alpha value is -1.24. The summed E-state index contributed by atoms with van der Waals surface area (Å²) >= 11 is 10.4.